The highest BCUT2D eigenvalue weighted by molar-refractivity contribution is 6.99. The Morgan fingerprint density at radius 3 is 1.57 bits per heavy atom. The zero-order chi connectivity index (χ0) is 46.2. The molecule has 0 saturated heterocycles. The maximum atomic E-state index is 7.00. The number of benzene rings is 7. The Morgan fingerprint density at radius 1 is 0.492 bits per heavy atom. The van der Waals surface area contributed by atoms with E-state index in [1.54, 1.807) is 0 Å². The molecule has 1 aliphatic carbocycles. The zero-order valence-electron chi connectivity index (χ0n) is 41.2. The molecule has 0 atom stereocenters. The normalized spacial score (nSPS) is 14.8. The Bertz CT molecular complexity index is 2940. The predicted molar refractivity (Wildman–Crippen MR) is 279 cm³/mol. The number of anilines is 6. The van der Waals surface area contributed by atoms with Gasteiger partial charge in [0.25, 0.3) is 6.71 Å². The molecule has 0 radical (unpaired) electrons. The molecule has 3 nitrogen and oxygen atoms in total. The van der Waals surface area contributed by atoms with Crippen LogP contribution in [-0.2, 0) is 27.1 Å². The first-order chi connectivity index (χ1) is 30.5. The molecule has 0 bridgehead atoms. The van der Waals surface area contributed by atoms with Crippen LogP contribution in [0.2, 0.25) is 0 Å². The lowest BCUT2D eigenvalue weighted by atomic mass is 9.33. The van der Waals surface area contributed by atoms with Crippen LogP contribution in [0.25, 0.3) is 11.1 Å². The average Bonchev–Trinajstić information content (AvgIpc) is 3.48. The number of ether oxygens (including phenoxy) is 1. The van der Waals surface area contributed by atoms with Crippen LogP contribution < -0.4 is 30.9 Å². The van der Waals surface area contributed by atoms with Crippen molar-refractivity contribution in [3.63, 3.8) is 0 Å². The van der Waals surface area contributed by atoms with Crippen molar-refractivity contribution in [2.45, 2.75) is 124 Å². The second kappa shape index (κ2) is 14.5. The van der Waals surface area contributed by atoms with Gasteiger partial charge >= 0.3 is 0 Å². The average molecular weight is 853 g/mol. The van der Waals surface area contributed by atoms with Crippen molar-refractivity contribution in [1.82, 2.24) is 0 Å². The molecule has 7 aromatic carbocycles. The first kappa shape index (κ1) is 42.9. The Balaban J connectivity index is 1.39. The summed E-state index contributed by atoms with van der Waals surface area (Å²) < 4.78 is 7.00. The van der Waals surface area contributed by atoms with Crippen molar-refractivity contribution in [3.8, 4) is 22.6 Å². The van der Waals surface area contributed by atoms with Gasteiger partial charge in [-0.05, 0) is 132 Å². The summed E-state index contributed by atoms with van der Waals surface area (Å²) in [6, 6.07) is 53.5. The fourth-order valence-corrected chi connectivity index (χ4v) is 10.7. The smallest absolute Gasteiger partial charge is 0.256 e. The number of fused-ring (bicyclic) bond motifs is 7. The third kappa shape index (κ3) is 6.93. The summed E-state index contributed by atoms with van der Waals surface area (Å²) in [5.74, 6) is 1.85. The largest absolute Gasteiger partial charge is 0.458 e. The molecule has 328 valence electrons. The van der Waals surface area contributed by atoms with E-state index in [4.69, 9.17) is 4.74 Å². The van der Waals surface area contributed by atoms with Crippen molar-refractivity contribution in [2.75, 3.05) is 9.80 Å². The van der Waals surface area contributed by atoms with Crippen molar-refractivity contribution in [2.24, 2.45) is 0 Å². The summed E-state index contributed by atoms with van der Waals surface area (Å²) in [4.78, 5) is 5.16. The van der Waals surface area contributed by atoms with E-state index in [9.17, 15) is 0 Å². The van der Waals surface area contributed by atoms with Gasteiger partial charge in [-0.25, -0.2) is 0 Å². The third-order valence-corrected chi connectivity index (χ3v) is 14.6. The molecule has 2 aliphatic heterocycles. The molecule has 0 spiro atoms. The van der Waals surface area contributed by atoms with Crippen molar-refractivity contribution >= 4 is 57.2 Å². The van der Waals surface area contributed by atoms with Gasteiger partial charge in [-0.1, -0.05) is 182 Å². The minimum atomic E-state index is -0.270. The molecule has 2 heterocycles. The van der Waals surface area contributed by atoms with Crippen LogP contribution in [-0.4, -0.2) is 6.71 Å². The number of nitrogens with zero attached hydrogens (tertiary/aromatic N) is 2. The molecule has 4 heteroatoms. The van der Waals surface area contributed by atoms with Crippen LogP contribution in [0, 0.1) is 0 Å². The number of hydrogen-bond donors (Lipinski definition) is 0. The molecule has 0 aromatic heterocycles. The summed E-state index contributed by atoms with van der Waals surface area (Å²) in [7, 11) is 0. The predicted octanol–water partition coefficient (Wildman–Crippen LogP) is 15.1. The van der Waals surface area contributed by atoms with Gasteiger partial charge in [0.05, 0.1) is 11.4 Å². The molecule has 0 N–H and O–H groups in total. The highest BCUT2D eigenvalue weighted by Crippen LogP contribution is 2.59. The molecule has 7 aromatic rings. The molecule has 0 unspecified atom stereocenters. The highest BCUT2D eigenvalue weighted by atomic mass is 16.5. The van der Waals surface area contributed by atoms with E-state index in [1.807, 2.05) is 0 Å². The first-order valence-electron chi connectivity index (χ1n) is 23.7. The van der Waals surface area contributed by atoms with Crippen LogP contribution in [0.5, 0.6) is 11.5 Å². The quantitative estimate of drug-likeness (QED) is 0.164. The number of hydrogen-bond acceptors (Lipinski definition) is 3. The van der Waals surface area contributed by atoms with E-state index < -0.39 is 0 Å². The van der Waals surface area contributed by atoms with Crippen LogP contribution in [0.4, 0.5) is 34.1 Å². The number of rotatable bonds is 4. The highest BCUT2D eigenvalue weighted by Gasteiger charge is 2.48. The van der Waals surface area contributed by atoms with Crippen LogP contribution >= 0.6 is 0 Å². The molecular weight excluding hydrogens is 787 g/mol. The zero-order valence-corrected chi connectivity index (χ0v) is 41.2. The van der Waals surface area contributed by atoms with Gasteiger partial charge in [0.15, 0.2) is 0 Å². The Labute approximate surface area is 389 Å². The molecule has 65 heavy (non-hydrogen) atoms. The molecule has 0 saturated carbocycles. The minimum Gasteiger partial charge on any atom is -0.458 e. The monoisotopic (exact) mass is 853 g/mol. The SMILES string of the molecule is CC(C)(C)c1ccc(N(c2ccc(C(C)(C)C)cc2)c2c3c(cc4c2N(c2ccc(C(C)(C)C)cc2)c2cccc5c2B4c2cc(C(C)(C)C)ccc2O5)C(C)(C)c2ccccc2-3)cc1. The lowest BCUT2D eigenvalue weighted by Gasteiger charge is -2.44. The fraction of sp³-hybridized carbons (Fsp3) is 0.311. The van der Waals surface area contributed by atoms with Crippen LogP contribution in [0.3, 0.4) is 0 Å². The summed E-state index contributed by atoms with van der Waals surface area (Å²) >= 11 is 0. The van der Waals surface area contributed by atoms with Crippen molar-refractivity contribution < 1.29 is 4.74 Å². The standard InChI is InChI=1S/C61H65BN2O/c1-57(2,3)38-22-29-42(30-23-38)63(43-31-24-39(25-32-43)58(4,5)6)56-53-45-18-15-16-19-46(45)61(13,14)47(53)37-49-55(56)64(44-33-26-40(27-34-44)59(7,8)9)50-20-17-21-52-54(50)62(49)48-36-41(60(10,11)12)28-35-51(48)65-52/h15-37H,1-14H3. The van der Waals surface area contributed by atoms with Crippen molar-refractivity contribution in [1.29, 1.82) is 0 Å². The van der Waals surface area contributed by atoms with E-state index in [1.165, 1.54) is 72.3 Å². The minimum absolute atomic E-state index is 0.00757. The fourth-order valence-electron chi connectivity index (χ4n) is 10.7. The Kier molecular flexibility index (Phi) is 9.58. The second-order valence-corrected chi connectivity index (χ2v) is 23.5. The van der Waals surface area contributed by atoms with E-state index >= 15 is 0 Å². The molecule has 10 rings (SSSR count). The van der Waals surface area contributed by atoms with Gasteiger partial charge in [-0.2, -0.15) is 0 Å². The third-order valence-electron chi connectivity index (χ3n) is 14.6. The molecule has 3 aliphatic rings. The molecule has 0 amide bonds. The lowest BCUT2D eigenvalue weighted by Crippen LogP contribution is -2.60. The van der Waals surface area contributed by atoms with Gasteiger partial charge in [-0.15, -0.1) is 0 Å². The van der Waals surface area contributed by atoms with E-state index in [-0.39, 0.29) is 33.8 Å². The summed E-state index contributed by atoms with van der Waals surface area (Å²) in [6.07, 6.45) is 0. The van der Waals surface area contributed by atoms with Gasteiger partial charge in [-0.3, -0.25) is 0 Å². The Morgan fingerprint density at radius 2 is 1.02 bits per heavy atom. The van der Waals surface area contributed by atoms with Gasteiger partial charge in [0.1, 0.15) is 11.5 Å². The summed E-state index contributed by atoms with van der Waals surface area (Å²) in [5.41, 5.74) is 20.9. The summed E-state index contributed by atoms with van der Waals surface area (Å²) in [5, 5.41) is 0. The van der Waals surface area contributed by atoms with E-state index in [0.717, 1.165) is 34.2 Å². The maximum absolute atomic E-state index is 7.00. The lowest BCUT2D eigenvalue weighted by molar-refractivity contribution is 0.486. The van der Waals surface area contributed by atoms with Crippen LogP contribution in [0.15, 0.2) is 140 Å². The van der Waals surface area contributed by atoms with Gasteiger partial charge in [0, 0.05) is 33.7 Å². The topological polar surface area (TPSA) is 15.7 Å². The summed E-state index contributed by atoms with van der Waals surface area (Å²) in [6.45, 7) is 32.4. The van der Waals surface area contributed by atoms with Gasteiger partial charge in [0.2, 0.25) is 0 Å². The Hall–Kier alpha value is -6.00. The van der Waals surface area contributed by atoms with Crippen LogP contribution in [0.1, 0.15) is 130 Å². The van der Waals surface area contributed by atoms with Crippen molar-refractivity contribution in [3.05, 3.63) is 173 Å². The second-order valence-electron chi connectivity index (χ2n) is 23.5. The van der Waals surface area contributed by atoms with E-state index in [0.29, 0.717) is 0 Å². The maximum Gasteiger partial charge on any atom is 0.256 e. The van der Waals surface area contributed by atoms with E-state index in [2.05, 4.69) is 246 Å². The molecule has 0 fully saturated rings. The first-order valence-corrected chi connectivity index (χ1v) is 23.7. The van der Waals surface area contributed by atoms with Gasteiger partial charge < -0.3 is 14.5 Å². The molecular formula is C61H65BN2O.